The van der Waals surface area contributed by atoms with Gasteiger partial charge in [-0.1, -0.05) is 12.1 Å². The quantitative estimate of drug-likeness (QED) is 0.722. The number of rotatable bonds is 2. The molecule has 1 aromatic carbocycles. The standard InChI is InChI=1S/C9H11F2N/c1-6(12)5-7-3-2-4-8(10)9(7)11/h2-4,6H,5,12H2,1H3. The first-order chi connectivity index (χ1) is 5.61. The molecule has 0 saturated heterocycles. The van der Waals surface area contributed by atoms with Gasteiger partial charge >= 0.3 is 0 Å². The summed E-state index contributed by atoms with van der Waals surface area (Å²) >= 11 is 0. The molecule has 0 bridgehead atoms. The number of nitrogens with two attached hydrogens (primary N) is 1. The fourth-order valence-corrected chi connectivity index (χ4v) is 1.05. The second kappa shape index (κ2) is 3.63. The Morgan fingerprint density at radius 1 is 1.42 bits per heavy atom. The molecular weight excluding hydrogens is 160 g/mol. The van der Waals surface area contributed by atoms with Crippen molar-refractivity contribution in [1.82, 2.24) is 0 Å². The SMILES string of the molecule is CC(N)Cc1cccc(F)c1F. The summed E-state index contributed by atoms with van der Waals surface area (Å²) in [4.78, 5) is 0. The lowest BCUT2D eigenvalue weighted by Crippen LogP contribution is -2.18. The van der Waals surface area contributed by atoms with Crippen LogP contribution in [0.15, 0.2) is 18.2 Å². The van der Waals surface area contributed by atoms with Crippen molar-refractivity contribution < 1.29 is 8.78 Å². The molecule has 0 aliphatic heterocycles. The zero-order valence-electron chi connectivity index (χ0n) is 6.85. The summed E-state index contributed by atoms with van der Waals surface area (Å²) in [7, 11) is 0. The largest absolute Gasteiger partial charge is 0.328 e. The highest BCUT2D eigenvalue weighted by Gasteiger charge is 2.08. The second-order valence-corrected chi connectivity index (χ2v) is 2.89. The molecule has 0 spiro atoms. The van der Waals surface area contributed by atoms with Crippen LogP contribution in [-0.4, -0.2) is 6.04 Å². The molecule has 0 aliphatic rings. The first-order valence-electron chi connectivity index (χ1n) is 3.79. The molecule has 0 fully saturated rings. The Bertz CT molecular complexity index is 271. The van der Waals surface area contributed by atoms with E-state index in [0.29, 0.717) is 12.0 Å². The minimum Gasteiger partial charge on any atom is -0.328 e. The first kappa shape index (κ1) is 9.13. The first-order valence-corrected chi connectivity index (χ1v) is 3.79. The molecule has 0 saturated carbocycles. The van der Waals surface area contributed by atoms with Crippen molar-refractivity contribution in [3.63, 3.8) is 0 Å². The molecule has 0 amide bonds. The van der Waals surface area contributed by atoms with Gasteiger partial charge in [0.1, 0.15) is 0 Å². The minimum atomic E-state index is -0.812. The van der Waals surface area contributed by atoms with Crippen LogP contribution in [0.2, 0.25) is 0 Å². The smallest absolute Gasteiger partial charge is 0.162 e. The number of hydrogen-bond donors (Lipinski definition) is 1. The Morgan fingerprint density at radius 3 is 2.67 bits per heavy atom. The van der Waals surface area contributed by atoms with Crippen LogP contribution >= 0.6 is 0 Å². The monoisotopic (exact) mass is 171 g/mol. The zero-order chi connectivity index (χ0) is 9.14. The summed E-state index contributed by atoms with van der Waals surface area (Å²) < 4.78 is 25.5. The molecule has 3 heteroatoms. The fourth-order valence-electron chi connectivity index (χ4n) is 1.05. The van der Waals surface area contributed by atoms with Crippen molar-refractivity contribution >= 4 is 0 Å². The molecule has 66 valence electrons. The highest BCUT2D eigenvalue weighted by Crippen LogP contribution is 2.12. The van der Waals surface area contributed by atoms with Gasteiger partial charge in [-0.15, -0.1) is 0 Å². The average molecular weight is 171 g/mol. The molecular formula is C9H11F2N. The molecule has 1 rings (SSSR count). The topological polar surface area (TPSA) is 26.0 Å². The lowest BCUT2D eigenvalue weighted by atomic mass is 10.1. The average Bonchev–Trinajstić information content (AvgIpc) is 1.98. The summed E-state index contributed by atoms with van der Waals surface area (Å²) in [6, 6.07) is 3.97. The lowest BCUT2D eigenvalue weighted by molar-refractivity contribution is 0.495. The maximum Gasteiger partial charge on any atom is 0.162 e. The van der Waals surface area contributed by atoms with Crippen LogP contribution in [0.4, 0.5) is 8.78 Å². The second-order valence-electron chi connectivity index (χ2n) is 2.89. The van der Waals surface area contributed by atoms with Gasteiger partial charge in [0.15, 0.2) is 11.6 Å². The highest BCUT2D eigenvalue weighted by molar-refractivity contribution is 5.19. The van der Waals surface area contributed by atoms with E-state index in [9.17, 15) is 8.78 Å². The van der Waals surface area contributed by atoms with Gasteiger partial charge in [-0.2, -0.15) is 0 Å². The van der Waals surface area contributed by atoms with E-state index >= 15 is 0 Å². The molecule has 0 aliphatic carbocycles. The van der Waals surface area contributed by atoms with Crippen molar-refractivity contribution in [2.24, 2.45) is 5.73 Å². The van der Waals surface area contributed by atoms with Gasteiger partial charge < -0.3 is 5.73 Å². The Balaban J connectivity index is 2.92. The predicted molar refractivity (Wildman–Crippen MR) is 43.7 cm³/mol. The highest BCUT2D eigenvalue weighted by atomic mass is 19.2. The third-order valence-corrected chi connectivity index (χ3v) is 1.57. The molecule has 2 N–H and O–H groups in total. The van der Waals surface area contributed by atoms with E-state index in [1.54, 1.807) is 13.0 Å². The van der Waals surface area contributed by atoms with Crippen molar-refractivity contribution in [3.05, 3.63) is 35.4 Å². The van der Waals surface area contributed by atoms with Crippen LogP contribution in [0.3, 0.4) is 0 Å². The Hall–Kier alpha value is -0.960. The minimum absolute atomic E-state index is 0.152. The molecule has 1 atom stereocenters. The summed E-state index contributed by atoms with van der Waals surface area (Å²) in [6.45, 7) is 1.75. The fraction of sp³-hybridized carbons (Fsp3) is 0.333. The van der Waals surface area contributed by atoms with Gasteiger partial charge in [0.05, 0.1) is 0 Å². The molecule has 1 nitrogen and oxygen atoms in total. The maximum absolute atomic E-state index is 12.9. The molecule has 1 unspecified atom stereocenters. The van der Waals surface area contributed by atoms with Crippen molar-refractivity contribution in [1.29, 1.82) is 0 Å². The van der Waals surface area contributed by atoms with Crippen LogP contribution < -0.4 is 5.73 Å². The zero-order valence-corrected chi connectivity index (χ0v) is 6.85. The summed E-state index contributed by atoms with van der Waals surface area (Å²) in [5.41, 5.74) is 5.79. The van der Waals surface area contributed by atoms with E-state index in [4.69, 9.17) is 5.73 Å². The van der Waals surface area contributed by atoms with E-state index < -0.39 is 11.6 Å². The van der Waals surface area contributed by atoms with Crippen molar-refractivity contribution in [3.8, 4) is 0 Å². The van der Waals surface area contributed by atoms with E-state index in [-0.39, 0.29) is 6.04 Å². The van der Waals surface area contributed by atoms with Crippen molar-refractivity contribution in [2.75, 3.05) is 0 Å². The van der Waals surface area contributed by atoms with Crippen LogP contribution in [0.1, 0.15) is 12.5 Å². The van der Waals surface area contributed by atoms with Crippen LogP contribution in [0.5, 0.6) is 0 Å². The van der Waals surface area contributed by atoms with E-state index in [0.717, 1.165) is 6.07 Å². The number of halogens is 2. The molecule has 0 radical (unpaired) electrons. The van der Waals surface area contributed by atoms with Gasteiger partial charge in [0.25, 0.3) is 0 Å². The Labute approximate surface area is 70.2 Å². The molecule has 0 aromatic heterocycles. The summed E-state index contributed by atoms with van der Waals surface area (Å²) in [6.07, 6.45) is 0.365. The van der Waals surface area contributed by atoms with Gasteiger partial charge in [-0.3, -0.25) is 0 Å². The Morgan fingerprint density at radius 2 is 2.08 bits per heavy atom. The maximum atomic E-state index is 12.9. The van der Waals surface area contributed by atoms with Gasteiger partial charge in [-0.25, -0.2) is 8.78 Å². The summed E-state index contributed by atoms with van der Waals surface area (Å²) in [5.74, 6) is -1.59. The van der Waals surface area contributed by atoms with Gasteiger partial charge in [0.2, 0.25) is 0 Å². The molecule has 12 heavy (non-hydrogen) atoms. The third kappa shape index (κ3) is 2.01. The third-order valence-electron chi connectivity index (χ3n) is 1.57. The lowest BCUT2D eigenvalue weighted by Gasteiger charge is -2.05. The number of hydrogen-bond acceptors (Lipinski definition) is 1. The van der Waals surface area contributed by atoms with E-state index in [1.165, 1.54) is 6.07 Å². The molecule has 0 heterocycles. The molecule has 1 aromatic rings. The van der Waals surface area contributed by atoms with Crippen LogP contribution in [0.25, 0.3) is 0 Å². The van der Waals surface area contributed by atoms with Crippen LogP contribution in [-0.2, 0) is 6.42 Å². The van der Waals surface area contributed by atoms with Gasteiger partial charge in [-0.05, 0) is 25.0 Å². The number of benzene rings is 1. The Kier molecular flexibility index (Phi) is 2.76. The van der Waals surface area contributed by atoms with E-state index in [1.807, 2.05) is 0 Å². The van der Waals surface area contributed by atoms with Gasteiger partial charge in [0, 0.05) is 6.04 Å². The predicted octanol–water partition coefficient (Wildman–Crippen LogP) is 1.85. The normalized spacial score (nSPS) is 13.0. The summed E-state index contributed by atoms with van der Waals surface area (Å²) in [5, 5.41) is 0. The van der Waals surface area contributed by atoms with Crippen molar-refractivity contribution in [2.45, 2.75) is 19.4 Å². The van der Waals surface area contributed by atoms with Crippen LogP contribution in [0, 0.1) is 11.6 Å². The van der Waals surface area contributed by atoms with E-state index in [2.05, 4.69) is 0 Å².